The first-order chi connectivity index (χ1) is 4.66. The molecule has 0 aliphatic heterocycles. The highest BCUT2D eigenvalue weighted by Gasteiger charge is 1.99. The molecule has 0 fully saturated rings. The number of thiol groups is 1. The SMILES string of the molecule is CC(C)CCCC(C)CS. The van der Waals surface area contributed by atoms with Crippen LogP contribution in [0.25, 0.3) is 0 Å². The normalized spacial score (nSPS) is 14.1. The molecule has 0 aromatic carbocycles. The molecule has 0 saturated carbocycles. The van der Waals surface area contributed by atoms with Gasteiger partial charge in [0.25, 0.3) is 0 Å². The second-order valence-electron chi connectivity index (χ2n) is 3.61. The van der Waals surface area contributed by atoms with Gasteiger partial charge in [0.15, 0.2) is 0 Å². The van der Waals surface area contributed by atoms with Crippen LogP contribution in [0.5, 0.6) is 0 Å². The van der Waals surface area contributed by atoms with Crippen LogP contribution in [0.15, 0.2) is 0 Å². The first-order valence-corrected chi connectivity index (χ1v) is 4.91. The van der Waals surface area contributed by atoms with Crippen molar-refractivity contribution in [2.45, 2.75) is 40.0 Å². The minimum Gasteiger partial charge on any atom is -0.179 e. The zero-order valence-corrected chi connectivity index (χ0v) is 8.32. The molecule has 0 radical (unpaired) electrons. The van der Waals surface area contributed by atoms with Gasteiger partial charge in [0.1, 0.15) is 0 Å². The van der Waals surface area contributed by atoms with E-state index in [4.69, 9.17) is 0 Å². The lowest BCUT2D eigenvalue weighted by atomic mass is 10.0. The van der Waals surface area contributed by atoms with Gasteiger partial charge in [0, 0.05) is 0 Å². The molecule has 0 spiro atoms. The van der Waals surface area contributed by atoms with E-state index in [1.165, 1.54) is 19.3 Å². The van der Waals surface area contributed by atoms with E-state index < -0.39 is 0 Å². The van der Waals surface area contributed by atoms with E-state index in [0.29, 0.717) is 0 Å². The molecule has 0 N–H and O–H groups in total. The number of hydrogen-bond acceptors (Lipinski definition) is 1. The Morgan fingerprint density at radius 1 is 1.10 bits per heavy atom. The van der Waals surface area contributed by atoms with E-state index in [1.807, 2.05) is 0 Å². The summed E-state index contributed by atoms with van der Waals surface area (Å²) in [7, 11) is 0. The van der Waals surface area contributed by atoms with Crippen molar-refractivity contribution >= 4 is 12.6 Å². The Kier molecular flexibility index (Phi) is 6.30. The zero-order chi connectivity index (χ0) is 7.98. The fraction of sp³-hybridized carbons (Fsp3) is 1.00. The van der Waals surface area contributed by atoms with Crippen molar-refractivity contribution < 1.29 is 0 Å². The van der Waals surface area contributed by atoms with E-state index in [-0.39, 0.29) is 0 Å². The maximum atomic E-state index is 4.24. The maximum absolute atomic E-state index is 4.24. The fourth-order valence-corrected chi connectivity index (χ4v) is 1.15. The molecule has 1 atom stereocenters. The summed E-state index contributed by atoms with van der Waals surface area (Å²) in [6.45, 7) is 6.84. The van der Waals surface area contributed by atoms with E-state index in [1.54, 1.807) is 0 Å². The molecule has 0 amide bonds. The number of hydrogen-bond donors (Lipinski definition) is 1. The van der Waals surface area contributed by atoms with Crippen LogP contribution in [0.4, 0.5) is 0 Å². The van der Waals surface area contributed by atoms with Gasteiger partial charge in [-0.05, 0) is 24.0 Å². The number of rotatable bonds is 5. The summed E-state index contributed by atoms with van der Waals surface area (Å²) in [5.41, 5.74) is 0. The summed E-state index contributed by atoms with van der Waals surface area (Å²) in [5, 5.41) is 0. The van der Waals surface area contributed by atoms with Gasteiger partial charge in [-0.1, -0.05) is 33.6 Å². The van der Waals surface area contributed by atoms with Crippen LogP contribution >= 0.6 is 12.6 Å². The first kappa shape index (κ1) is 10.3. The van der Waals surface area contributed by atoms with Gasteiger partial charge in [-0.2, -0.15) is 12.6 Å². The third-order valence-electron chi connectivity index (χ3n) is 1.79. The summed E-state index contributed by atoms with van der Waals surface area (Å²) in [6, 6.07) is 0. The Bertz CT molecular complexity index is 69.1. The summed E-state index contributed by atoms with van der Waals surface area (Å²) >= 11 is 4.24. The first-order valence-electron chi connectivity index (χ1n) is 4.27. The monoisotopic (exact) mass is 160 g/mol. The van der Waals surface area contributed by atoms with Crippen LogP contribution in [0.1, 0.15) is 40.0 Å². The quantitative estimate of drug-likeness (QED) is 0.586. The molecule has 0 bridgehead atoms. The van der Waals surface area contributed by atoms with E-state index in [0.717, 1.165) is 17.6 Å². The standard InChI is InChI=1S/C9H20S/c1-8(2)5-4-6-9(3)7-10/h8-10H,4-7H2,1-3H3. The molecule has 10 heavy (non-hydrogen) atoms. The predicted molar refractivity (Wildman–Crippen MR) is 51.7 cm³/mol. The molecule has 0 saturated heterocycles. The zero-order valence-electron chi connectivity index (χ0n) is 7.43. The van der Waals surface area contributed by atoms with Crippen molar-refractivity contribution in [2.75, 3.05) is 5.75 Å². The van der Waals surface area contributed by atoms with Crippen molar-refractivity contribution in [1.82, 2.24) is 0 Å². The summed E-state index contributed by atoms with van der Waals surface area (Å²) in [5.74, 6) is 2.71. The van der Waals surface area contributed by atoms with E-state index >= 15 is 0 Å². The van der Waals surface area contributed by atoms with Crippen LogP contribution in [0.3, 0.4) is 0 Å². The molecule has 62 valence electrons. The van der Waals surface area contributed by atoms with Crippen molar-refractivity contribution in [2.24, 2.45) is 11.8 Å². The summed E-state index contributed by atoms with van der Waals surface area (Å²) in [4.78, 5) is 0. The Morgan fingerprint density at radius 2 is 1.70 bits per heavy atom. The largest absolute Gasteiger partial charge is 0.179 e. The molecule has 0 heterocycles. The fourth-order valence-electron chi connectivity index (χ4n) is 0.966. The van der Waals surface area contributed by atoms with Gasteiger partial charge in [-0.15, -0.1) is 0 Å². The minimum atomic E-state index is 0.807. The van der Waals surface area contributed by atoms with Crippen LogP contribution in [0.2, 0.25) is 0 Å². The van der Waals surface area contributed by atoms with Gasteiger partial charge >= 0.3 is 0 Å². The van der Waals surface area contributed by atoms with Gasteiger partial charge in [-0.25, -0.2) is 0 Å². The van der Waals surface area contributed by atoms with E-state index in [9.17, 15) is 0 Å². The Labute approximate surface area is 70.8 Å². The van der Waals surface area contributed by atoms with Crippen LogP contribution < -0.4 is 0 Å². The third kappa shape index (κ3) is 6.47. The summed E-state index contributed by atoms with van der Waals surface area (Å²) < 4.78 is 0. The molecular weight excluding hydrogens is 140 g/mol. The molecule has 1 heteroatoms. The van der Waals surface area contributed by atoms with Gasteiger partial charge in [-0.3, -0.25) is 0 Å². The molecule has 0 aromatic heterocycles. The second kappa shape index (κ2) is 6.09. The Morgan fingerprint density at radius 3 is 2.10 bits per heavy atom. The minimum absolute atomic E-state index is 0.807. The average molecular weight is 160 g/mol. The highest BCUT2D eigenvalue weighted by Crippen LogP contribution is 2.12. The van der Waals surface area contributed by atoms with E-state index in [2.05, 4.69) is 33.4 Å². The lowest BCUT2D eigenvalue weighted by molar-refractivity contribution is 0.485. The van der Waals surface area contributed by atoms with Crippen molar-refractivity contribution in [3.05, 3.63) is 0 Å². The van der Waals surface area contributed by atoms with Crippen molar-refractivity contribution in [3.63, 3.8) is 0 Å². The smallest absolute Gasteiger partial charge is 0.00721 e. The third-order valence-corrected chi connectivity index (χ3v) is 2.41. The van der Waals surface area contributed by atoms with Crippen LogP contribution in [-0.2, 0) is 0 Å². The lowest BCUT2D eigenvalue weighted by Crippen LogP contribution is -1.97. The molecule has 0 aromatic rings. The van der Waals surface area contributed by atoms with Crippen molar-refractivity contribution in [1.29, 1.82) is 0 Å². The molecule has 0 nitrogen and oxygen atoms in total. The Hall–Kier alpha value is 0.350. The van der Waals surface area contributed by atoms with Crippen LogP contribution in [0, 0.1) is 11.8 Å². The summed E-state index contributed by atoms with van der Waals surface area (Å²) in [6.07, 6.45) is 4.10. The lowest BCUT2D eigenvalue weighted by Gasteiger charge is -2.08. The van der Waals surface area contributed by atoms with Crippen molar-refractivity contribution in [3.8, 4) is 0 Å². The maximum Gasteiger partial charge on any atom is -0.00721 e. The molecule has 0 rings (SSSR count). The highest BCUT2D eigenvalue weighted by atomic mass is 32.1. The molecule has 0 aliphatic carbocycles. The van der Waals surface area contributed by atoms with Gasteiger partial charge in [0.2, 0.25) is 0 Å². The van der Waals surface area contributed by atoms with Gasteiger partial charge < -0.3 is 0 Å². The molecular formula is C9H20S. The second-order valence-corrected chi connectivity index (χ2v) is 3.98. The average Bonchev–Trinajstić information content (AvgIpc) is 1.87. The predicted octanol–water partition coefficient (Wildman–Crippen LogP) is 3.38. The Balaban J connectivity index is 3.03. The highest BCUT2D eigenvalue weighted by molar-refractivity contribution is 7.80. The van der Waals surface area contributed by atoms with Gasteiger partial charge in [0.05, 0.1) is 0 Å². The molecule has 0 aliphatic rings. The topological polar surface area (TPSA) is 0 Å². The van der Waals surface area contributed by atoms with Crippen LogP contribution in [-0.4, -0.2) is 5.75 Å². The molecule has 1 unspecified atom stereocenters.